The summed E-state index contributed by atoms with van der Waals surface area (Å²) >= 11 is 0. The van der Waals surface area contributed by atoms with Gasteiger partial charge in [-0.05, 0) is 57.2 Å². The van der Waals surface area contributed by atoms with E-state index >= 15 is 0 Å². The van der Waals surface area contributed by atoms with E-state index in [1.165, 1.54) is 22.4 Å². The van der Waals surface area contributed by atoms with Crippen LogP contribution in [0.4, 0.5) is 0 Å². The van der Waals surface area contributed by atoms with Crippen LogP contribution < -0.4 is 10.6 Å². The molecule has 29 heavy (non-hydrogen) atoms. The topological polar surface area (TPSA) is 57.5 Å². The molecule has 2 N–H and O–H groups in total. The minimum absolute atomic E-state index is 0.278. The summed E-state index contributed by atoms with van der Waals surface area (Å²) < 4.78 is 1.96. The number of aliphatic imine (C=N–C) groups is 1. The van der Waals surface area contributed by atoms with Crippen LogP contribution in [-0.4, -0.2) is 52.9 Å². The van der Waals surface area contributed by atoms with Crippen LogP contribution in [0.1, 0.15) is 41.9 Å². The first-order valence-corrected chi connectivity index (χ1v) is 10.7. The molecule has 0 saturated carbocycles. The molecule has 6 heteroatoms. The van der Waals surface area contributed by atoms with Crippen molar-refractivity contribution < 1.29 is 0 Å². The number of benzene rings is 1. The Bertz CT molecular complexity index is 853. The molecule has 0 saturated heterocycles. The van der Waals surface area contributed by atoms with Crippen molar-refractivity contribution >= 4 is 5.96 Å². The molecule has 2 unspecified atom stereocenters. The van der Waals surface area contributed by atoms with Gasteiger partial charge in [0.1, 0.15) is 0 Å². The molecule has 0 bridgehead atoms. The zero-order chi connectivity index (χ0) is 21.0. The first kappa shape index (κ1) is 21.4. The number of nitrogens with one attached hydrogen (secondary N) is 2. The molecule has 2 atom stereocenters. The van der Waals surface area contributed by atoms with E-state index < -0.39 is 0 Å². The van der Waals surface area contributed by atoms with Gasteiger partial charge >= 0.3 is 0 Å². The van der Waals surface area contributed by atoms with Gasteiger partial charge in [-0.1, -0.05) is 24.3 Å². The van der Waals surface area contributed by atoms with E-state index in [1.807, 2.05) is 18.8 Å². The van der Waals surface area contributed by atoms with Crippen LogP contribution in [0.3, 0.4) is 0 Å². The molecule has 2 heterocycles. The number of nitrogens with zero attached hydrogens (tertiary/aromatic N) is 4. The van der Waals surface area contributed by atoms with Crippen molar-refractivity contribution in [1.82, 2.24) is 25.3 Å². The molecule has 6 nitrogen and oxygen atoms in total. The van der Waals surface area contributed by atoms with Crippen molar-refractivity contribution in [2.24, 2.45) is 12.0 Å². The summed E-state index contributed by atoms with van der Waals surface area (Å²) in [6.07, 6.45) is 2.07. The monoisotopic (exact) mass is 396 g/mol. The van der Waals surface area contributed by atoms with E-state index in [-0.39, 0.29) is 6.04 Å². The van der Waals surface area contributed by atoms with Gasteiger partial charge in [-0.15, -0.1) is 0 Å². The molecule has 3 rings (SSSR count). The molecule has 0 fully saturated rings. The maximum absolute atomic E-state index is 4.53. The zero-order valence-electron chi connectivity index (χ0n) is 18.8. The lowest BCUT2D eigenvalue weighted by Gasteiger charge is -2.34. The molecular weight excluding hydrogens is 360 g/mol. The first-order valence-electron chi connectivity index (χ1n) is 10.7. The molecular formula is C23H36N6. The van der Waals surface area contributed by atoms with E-state index in [1.54, 1.807) is 0 Å². The molecule has 1 aliphatic rings. The van der Waals surface area contributed by atoms with Crippen LogP contribution in [0.5, 0.6) is 0 Å². The molecule has 0 spiro atoms. The normalized spacial score (nSPS) is 17.0. The van der Waals surface area contributed by atoms with Crippen molar-refractivity contribution in [2.45, 2.75) is 59.2 Å². The predicted molar refractivity (Wildman–Crippen MR) is 120 cm³/mol. The van der Waals surface area contributed by atoms with Crippen molar-refractivity contribution in [3.05, 3.63) is 52.3 Å². The highest BCUT2D eigenvalue weighted by Crippen LogP contribution is 2.20. The Labute approximate surface area is 175 Å². The van der Waals surface area contributed by atoms with E-state index in [0.29, 0.717) is 6.04 Å². The fourth-order valence-corrected chi connectivity index (χ4v) is 4.17. The van der Waals surface area contributed by atoms with Gasteiger partial charge in [0.2, 0.25) is 0 Å². The van der Waals surface area contributed by atoms with Crippen molar-refractivity contribution in [3.63, 3.8) is 0 Å². The van der Waals surface area contributed by atoms with E-state index in [2.05, 4.69) is 77.6 Å². The van der Waals surface area contributed by atoms with Crippen molar-refractivity contribution in [2.75, 3.05) is 20.1 Å². The van der Waals surface area contributed by atoms with E-state index in [0.717, 1.165) is 44.1 Å². The zero-order valence-corrected chi connectivity index (χ0v) is 18.8. The lowest BCUT2D eigenvalue weighted by Crippen LogP contribution is -2.49. The number of aromatic nitrogens is 2. The highest BCUT2D eigenvalue weighted by Gasteiger charge is 2.21. The number of hydrogen-bond donors (Lipinski definition) is 2. The fraction of sp³-hybridized carbons (Fsp3) is 0.565. The Balaban J connectivity index is 1.50. The third kappa shape index (κ3) is 5.18. The van der Waals surface area contributed by atoms with Gasteiger partial charge in [0, 0.05) is 51.5 Å². The van der Waals surface area contributed by atoms with Gasteiger partial charge in [-0.3, -0.25) is 14.6 Å². The molecule has 1 aromatic carbocycles. The van der Waals surface area contributed by atoms with Crippen LogP contribution in [0.2, 0.25) is 0 Å². The fourth-order valence-electron chi connectivity index (χ4n) is 4.17. The van der Waals surface area contributed by atoms with Gasteiger partial charge in [-0.25, -0.2) is 0 Å². The number of aryl methyl sites for hydroxylation is 2. The second kappa shape index (κ2) is 9.44. The summed E-state index contributed by atoms with van der Waals surface area (Å²) in [4.78, 5) is 6.98. The van der Waals surface area contributed by atoms with Crippen LogP contribution in [0.25, 0.3) is 0 Å². The van der Waals surface area contributed by atoms with Gasteiger partial charge in [0.25, 0.3) is 0 Å². The van der Waals surface area contributed by atoms with Gasteiger partial charge < -0.3 is 10.6 Å². The molecule has 1 aliphatic heterocycles. The molecule has 1 aromatic heterocycles. The lowest BCUT2D eigenvalue weighted by molar-refractivity contribution is 0.191. The van der Waals surface area contributed by atoms with Crippen LogP contribution in [0.15, 0.2) is 29.3 Å². The third-order valence-corrected chi connectivity index (χ3v) is 6.12. The second-order valence-electron chi connectivity index (χ2n) is 8.31. The van der Waals surface area contributed by atoms with Gasteiger partial charge in [0.05, 0.1) is 5.69 Å². The van der Waals surface area contributed by atoms with E-state index in [9.17, 15) is 0 Å². The summed E-state index contributed by atoms with van der Waals surface area (Å²) in [5.41, 5.74) is 6.63. The van der Waals surface area contributed by atoms with Crippen LogP contribution in [-0.2, 0) is 26.4 Å². The van der Waals surface area contributed by atoms with Crippen LogP contribution >= 0.6 is 0 Å². The molecule has 2 aromatic rings. The largest absolute Gasteiger partial charge is 0.355 e. The summed E-state index contributed by atoms with van der Waals surface area (Å²) in [6.45, 7) is 11.7. The number of hydrogen-bond acceptors (Lipinski definition) is 3. The Morgan fingerprint density at radius 2 is 1.93 bits per heavy atom. The highest BCUT2D eigenvalue weighted by molar-refractivity contribution is 5.80. The SMILES string of the molecule is CN=C(NCC(C)N1CCc2ccccc2C1)NC(C)Cc1c(C)nn(C)c1C. The molecule has 0 radical (unpaired) electrons. The summed E-state index contributed by atoms with van der Waals surface area (Å²) in [5.74, 6) is 0.862. The standard InChI is InChI=1S/C23H36N6/c1-16(13-22-18(3)27-28(6)19(22)4)26-23(24-5)25-14-17(2)29-12-11-20-9-7-8-10-21(20)15-29/h7-10,16-17H,11-15H2,1-6H3,(H2,24,25,26). The number of guanidine groups is 1. The summed E-state index contributed by atoms with van der Waals surface area (Å²) in [5, 5.41) is 11.6. The minimum Gasteiger partial charge on any atom is -0.355 e. The maximum atomic E-state index is 4.53. The van der Waals surface area contributed by atoms with Gasteiger partial charge in [-0.2, -0.15) is 5.10 Å². The predicted octanol–water partition coefficient (Wildman–Crippen LogP) is 2.58. The van der Waals surface area contributed by atoms with Crippen LogP contribution in [0, 0.1) is 13.8 Å². The highest BCUT2D eigenvalue weighted by atomic mass is 15.3. The average molecular weight is 397 g/mol. The van der Waals surface area contributed by atoms with Crippen molar-refractivity contribution in [1.29, 1.82) is 0 Å². The average Bonchev–Trinajstić information content (AvgIpc) is 2.96. The van der Waals surface area contributed by atoms with Gasteiger partial charge in [0.15, 0.2) is 5.96 Å². The summed E-state index contributed by atoms with van der Waals surface area (Å²) in [6, 6.07) is 9.52. The Hall–Kier alpha value is -2.34. The molecule has 158 valence electrons. The smallest absolute Gasteiger partial charge is 0.191 e. The summed E-state index contributed by atoms with van der Waals surface area (Å²) in [7, 11) is 3.84. The Kier molecular flexibility index (Phi) is 6.96. The first-order chi connectivity index (χ1) is 13.9. The third-order valence-electron chi connectivity index (χ3n) is 6.12. The second-order valence-corrected chi connectivity index (χ2v) is 8.31. The minimum atomic E-state index is 0.278. The Morgan fingerprint density at radius 3 is 2.59 bits per heavy atom. The maximum Gasteiger partial charge on any atom is 0.191 e. The Morgan fingerprint density at radius 1 is 1.21 bits per heavy atom. The quantitative estimate of drug-likeness (QED) is 0.582. The lowest BCUT2D eigenvalue weighted by atomic mass is 9.99. The number of rotatable bonds is 6. The molecule has 0 aliphatic carbocycles. The molecule has 0 amide bonds. The number of fused-ring (bicyclic) bond motifs is 1. The van der Waals surface area contributed by atoms with E-state index in [4.69, 9.17) is 0 Å². The van der Waals surface area contributed by atoms with Crippen molar-refractivity contribution in [3.8, 4) is 0 Å².